The molecule has 0 unspecified atom stereocenters. The predicted octanol–water partition coefficient (Wildman–Crippen LogP) is 4.88. The Labute approximate surface area is 186 Å². The number of nitrogens with zero attached hydrogens (tertiary/aromatic N) is 2. The number of fused-ring (bicyclic) bond motifs is 1. The molecule has 0 spiro atoms. The molecular formula is C23H19F3N2O3S. The summed E-state index contributed by atoms with van der Waals surface area (Å²) in [7, 11) is 0. The van der Waals surface area contributed by atoms with Gasteiger partial charge in [0.2, 0.25) is 0 Å². The van der Waals surface area contributed by atoms with Crippen LogP contribution in [0.15, 0.2) is 48.5 Å². The van der Waals surface area contributed by atoms with E-state index in [9.17, 15) is 22.8 Å². The van der Waals surface area contributed by atoms with E-state index in [1.807, 2.05) is 24.3 Å². The van der Waals surface area contributed by atoms with Gasteiger partial charge >= 0.3 is 12.1 Å². The molecule has 32 heavy (non-hydrogen) atoms. The van der Waals surface area contributed by atoms with Crippen LogP contribution in [0.1, 0.15) is 32.1 Å². The van der Waals surface area contributed by atoms with E-state index in [1.165, 1.54) is 17.7 Å². The molecule has 1 aliphatic rings. The molecule has 166 valence electrons. The van der Waals surface area contributed by atoms with Crippen LogP contribution in [0.2, 0.25) is 0 Å². The highest BCUT2D eigenvalue weighted by Gasteiger charge is 2.30. The molecule has 9 heteroatoms. The lowest BCUT2D eigenvalue weighted by atomic mass is 10.00. The van der Waals surface area contributed by atoms with Crippen molar-refractivity contribution in [2.45, 2.75) is 26.1 Å². The van der Waals surface area contributed by atoms with Gasteiger partial charge in [-0.25, -0.2) is 9.78 Å². The van der Waals surface area contributed by atoms with Crippen molar-refractivity contribution in [1.29, 1.82) is 0 Å². The lowest BCUT2D eigenvalue weighted by molar-refractivity contribution is -0.137. The molecule has 0 saturated carbocycles. The summed E-state index contributed by atoms with van der Waals surface area (Å²) in [5.41, 5.74) is 2.40. The average Bonchev–Trinajstić information content (AvgIpc) is 3.18. The van der Waals surface area contributed by atoms with Gasteiger partial charge in [-0.3, -0.25) is 4.79 Å². The Bertz CT molecular complexity index is 1160. The summed E-state index contributed by atoms with van der Waals surface area (Å²) >= 11 is 1.02. The molecule has 0 saturated heterocycles. The largest absolute Gasteiger partial charge is 0.451 e. The van der Waals surface area contributed by atoms with Crippen LogP contribution in [0, 0.1) is 6.92 Å². The van der Waals surface area contributed by atoms with Crippen LogP contribution < -0.4 is 0 Å². The van der Waals surface area contributed by atoms with E-state index in [1.54, 1.807) is 11.8 Å². The summed E-state index contributed by atoms with van der Waals surface area (Å²) in [6, 6.07) is 12.5. The smallest absolute Gasteiger partial charge is 0.416 e. The monoisotopic (exact) mass is 460 g/mol. The third-order valence-electron chi connectivity index (χ3n) is 5.25. The van der Waals surface area contributed by atoms with Crippen molar-refractivity contribution in [2.75, 3.05) is 13.2 Å². The predicted molar refractivity (Wildman–Crippen MR) is 113 cm³/mol. The zero-order valence-corrected chi connectivity index (χ0v) is 17.9. The molecule has 0 fully saturated rings. The van der Waals surface area contributed by atoms with Crippen LogP contribution in [0.3, 0.4) is 0 Å². The topological polar surface area (TPSA) is 59.5 Å². The number of benzene rings is 2. The van der Waals surface area contributed by atoms with E-state index in [4.69, 9.17) is 4.74 Å². The van der Waals surface area contributed by atoms with Crippen molar-refractivity contribution in [3.05, 3.63) is 75.8 Å². The first-order chi connectivity index (χ1) is 15.2. The number of aryl methyl sites for hydroxylation is 1. The van der Waals surface area contributed by atoms with Gasteiger partial charge in [-0.05, 0) is 36.6 Å². The fraction of sp³-hybridized carbons (Fsp3) is 0.261. The number of carbonyl (C=O) groups is 2. The Morgan fingerprint density at radius 3 is 2.47 bits per heavy atom. The van der Waals surface area contributed by atoms with Crippen molar-refractivity contribution in [3.63, 3.8) is 0 Å². The minimum Gasteiger partial charge on any atom is -0.451 e. The molecular weight excluding hydrogens is 441 g/mol. The quantitative estimate of drug-likeness (QED) is 0.521. The standard InChI is InChI=1S/C23H19F3N2O3S/c1-14-20(32-21(27-14)16-6-8-18(9-7-16)23(24,25)26)22(30)31-13-19(29)28-11-10-15-4-2-3-5-17(15)12-28/h2-9H,10-13H2,1H3. The molecule has 3 aromatic rings. The summed E-state index contributed by atoms with van der Waals surface area (Å²) in [6.07, 6.45) is -3.67. The van der Waals surface area contributed by atoms with Gasteiger partial charge in [-0.2, -0.15) is 13.2 Å². The van der Waals surface area contributed by atoms with Crippen LogP contribution >= 0.6 is 11.3 Å². The number of thiazole rings is 1. The van der Waals surface area contributed by atoms with E-state index in [0.29, 0.717) is 29.4 Å². The van der Waals surface area contributed by atoms with E-state index in [-0.39, 0.29) is 17.4 Å². The number of hydrogen-bond acceptors (Lipinski definition) is 5. The number of halogens is 3. The third kappa shape index (κ3) is 4.67. The number of amides is 1. The van der Waals surface area contributed by atoms with Gasteiger partial charge in [0.15, 0.2) is 6.61 Å². The SMILES string of the molecule is Cc1nc(-c2ccc(C(F)(F)F)cc2)sc1C(=O)OCC(=O)N1CCc2ccccc2C1. The van der Waals surface area contributed by atoms with Crippen molar-refractivity contribution in [3.8, 4) is 10.6 Å². The maximum Gasteiger partial charge on any atom is 0.416 e. The summed E-state index contributed by atoms with van der Waals surface area (Å²) in [5, 5.41) is 0.405. The number of ether oxygens (including phenoxy) is 1. The van der Waals surface area contributed by atoms with Crippen molar-refractivity contribution in [1.82, 2.24) is 9.88 Å². The van der Waals surface area contributed by atoms with Crippen LogP contribution in [0.25, 0.3) is 10.6 Å². The Kier molecular flexibility index (Phi) is 6.01. The summed E-state index contributed by atoms with van der Waals surface area (Å²) in [5.74, 6) is -0.957. The van der Waals surface area contributed by atoms with Crippen LogP contribution in [-0.2, 0) is 28.7 Å². The number of aromatic nitrogens is 1. The number of carbonyl (C=O) groups excluding carboxylic acids is 2. The number of rotatable bonds is 4. The molecule has 1 aromatic heterocycles. The van der Waals surface area contributed by atoms with Crippen molar-refractivity contribution in [2.24, 2.45) is 0 Å². The third-order valence-corrected chi connectivity index (χ3v) is 6.44. The summed E-state index contributed by atoms with van der Waals surface area (Å²) in [6.45, 7) is 2.27. The van der Waals surface area contributed by atoms with Gasteiger partial charge in [0, 0.05) is 18.7 Å². The maximum absolute atomic E-state index is 12.7. The second-order valence-electron chi connectivity index (χ2n) is 7.42. The highest BCUT2D eigenvalue weighted by molar-refractivity contribution is 7.17. The van der Waals surface area contributed by atoms with E-state index < -0.39 is 17.7 Å². The Morgan fingerprint density at radius 2 is 1.78 bits per heavy atom. The average molecular weight is 460 g/mol. The molecule has 5 nitrogen and oxygen atoms in total. The molecule has 1 amide bonds. The number of alkyl halides is 3. The van der Waals surface area contributed by atoms with E-state index >= 15 is 0 Å². The highest BCUT2D eigenvalue weighted by Crippen LogP contribution is 2.33. The Morgan fingerprint density at radius 1 is 1.09 bits per heavy atom. The van der Waals surface area contributed by atoms with Gasteiger partial charge in [0.1, 0.15) is 9.88 Å². The van der Waals surface area contributed by atoms with Gasteiger partial charge in [-0.1, -0.05) is 36.4 Å². The lowest BCUT2D eigenvalue weighted by Crippen LogP contribution is -2.38. The Hall–Kier alpha value is -3.20. The van der Waals surface area contributed by atoms with E-state index in [0.717, 1.165) is 35.5 Å². The second kappa shape index (κ2) is 8.74. The number of esters is 1. The molecule has 1 aliphatic heterocycles. The molecule has 0 radical (unpaired) electrons. The zero-order chi connectivity index (χ0) is 22.9. The highest BCUT2D eigenvalue weighted by atomic mass is 32.1. The van der Waals surface area contributed by atoms with Crippen LogP contribution in [-0.4, -0.2) is 34.9 Å². The lowest BCUT2D eigenvalue weighted by Gasteiger charge is -2.28. The summed E-state index contributed by atoms with van der Waals surface area (Å²) in [4.78, 5) is 31.2. The maximum atomic E-state index is 12.7. The molecule has 4 rings (SSSR count). The molecule has 0 aliphatic carbocycles. The fourth-order valence-corrected chi connectivity index (χ4v) is 4.47. The van der Waals surface area contributed by atoms with Crippen LogP contribution in [0.5, 0.6) is 0 Å². The van der Waals surface area contributed by atoms with Gasteiger partial charge < -0.3 is 9.64 Å². The minimum absolute atomic E-state index is 0.219. The first kappa shape index (κ1) is 22.0. The molecule has 0 atom stereocenters. The van der Waals surface area contributed by atoms with Crippen molar-refractivity contribution >= 4 is 23.2 Å². The molecule has 0 N–H and O–H groups in total. The van der Waals surface area contributed by atoms with Crippen LogP contribution in [0.4, 0.5) is 13.2 Å². The second-order valence-corrected chi connectivity index (χ2v) is 8.42. The first-order valence-electron chi connectivity index (χ1n) is 9.89. The van der Waals surface area contributed by atoms with Gasteiger partial charge in [0.05, 0.1) is 11.3 Å². The minimum atomic E-state index is -4.42. The normalized spacial score (nSPS) is 13.6. The summed E-state index contributed by atoms with van der Waals surface area (Å²) < 4.78 is 43.5. The molecule has 0 bridgehead atoms. The van der Waals surface area contributed by atoms with Crippen molar-refractivity contribution < 1.29 is 27.5 Å². The number of hydrogen-bond donors (Lipinski definition) is 0. The van der Waals surface area contributed by atoms with Gasteiger partial charge in [0.25, 0.3) is 5.91 Å². The fourth-order valence-electron chi connectivity index (χ4n) is 3.50. The molecule has 2 heterocycles. The van der Waals surface area contributed by atoms with E-state index in [2.05, 4.69) is 4.98 Å². The van der Waals surface area contributed by atoms with Gasteiger partial charge in [-0.15, -0.1) is 11.3 Å². The first-order valence-corrected chi connectivity index (χ1v) is 10.7. The Balaban J connectivity index is 1.39. The molecule has 2 aromatic carbocycles. The zero-order valence-electron chi connectivity index (χ0n) is 17.1.